The van der Waals surface area contributed by atoms with Gasteiger partial charge in [-0.15, -0.1) is 11.3 Å². The van der Waals surface area contributed by atoms with E-state index >= 15 is 0 Å². The van der Waals surface area contributed by atoms with Crippen LogP contribution in [0.4, 0.5) is 0 Å². The minimum absolute atomic E-state index is 0.128. The molecule has 1 aromatic rings. The summed E-state index contributed by atoms with van der Waals surface area (Å²) in [7, 11) is 0. The molecule has 1 atom stereocenters. The van der Waals surface area contributed by atoms with Crippen LogP contribution in [0, 0.1) is 6.92 Å². The lowest BCUT2D eigenvalue weighted by molar-refractivity contribution is -0.151. The molecule has 0 saturated carbocycles. The fourth-order valence-electron chi connectivity index (χ4n) is 2.20. The number of rotatable bonds is 3. The topological polar surface area (TPSA) is 70.5 Å². The smallest absolute Gasteiger partial charge is 0.326 e. The molecule has 5 nitrogen and oxygen atoms in total. The molecule has 1 amide bonds. The predicted molar refractivity (Wildman–Crippen MR) is 67.5 cm³/mol. The van der Waals surface area contributed by atoms with Gasteiger partial charge in [-0.25, -0.2) is 9.78 Å². The Hall–Kier alpha value is -1.43. The molecule has 1 aliphatic rings. The molecule has 1 saturated heterocycles. The van der Waals surface area contributed by atoms with Crippen LogP contribution >= 0.6 is 11.3 Å². The van der Waals surface area contributed by atoms with Gasteiger partial charge in [-0.3, -0.25) is 4.79 Å². The lowest BCUT2D eigenvalue weighted by atomic mass is 10.0. The maximum absolute atomic E-state index is 12.1. The molecule has 18 heavy (non-hydrogen) atoms. The average Bonchev–Trinajstić information content (AvgIpc) is 2.74. The Morgan fingerprint density at radius 3 is 2.94 bits per heavy atom. The number of aryl methyl sites for hydroxylation is 1. The first-order valence-corrected chi connectivity index (χ1v) is 6.89. The molecular formula is C12H16N2O3S. The normalized spacial score (nSPS) is 19.8. The summed E-state index contributed by atoms with van der Waals surface area (Å²) in [6, 6.07) is -0.660. The SMILES string of the molecule is Cc1csc(CC(=O)N2CCCCC2C(=O)O)n1. The maximum atomic E-state index is 12.1. The number of piperidine rings is 1. The quantitative estimate of drug-likeness (QED) is 0.901. The van der Waals surface area contributed by atoms with E-state index in [1.807, 2.05) is 12.3 Å². The number of carbonyl (C=O) groups excluding carboxylic acids is 1. The highest BCUT2D eigenvalue weighted by Gasteiger charge is 2.31. The largest absolute Gasteiger partial charge is 0.480 e. The molecule has 1 aromatic heterocycles. The van der Waals surface area contributed by atoms with Crippen LogP contribution in [0.3, 0.4) is 0 Å². The fraction of sp³-hybridized carbons (Fsp3) is 0.583. The number of nitrogens with zero attached hydrogens (tertiary/aromatic N) is 2. The van der Waals surface area contributed by atoms with E-state index in [9.17, 15) is 9.59 Å². The number of amides is 1. The van der Waals surface area contributed by atoms with Crippen LogP contribution in [0.25, 0.3) is 0 Å². The van der Waals surface area contributed by atoms with Gasteiger partial charge in [0.1, 0.15) is 11.0 Å². The Balaban J connectivity index is 2.04. The molecule has 1 fully saturated rings. The van der Waals surface area contributed by atoms with Crippen LogP contribution in [0.15, 0.2) is 5.38 Å². The van der Waals surface area contributed by atoms with Crippen molar-refractivity contribution in [2.75, 3.05) is 6.54 Å². The van der Waals surface area contributed by atoms with Crippen molar-refractivity contribution in [3.8, 4) is 0 Å². The molecule has 0 spiro atoms. The van der Waals surface area contributed by atoms with Crippen molar-refractivity contribution >= 4 is 23.2 Å². The first kappa shape index (κ1) is 13.0. The number of hydrogen-bond donors (Lipinski definition) is 1. The lowest BCUT2D eigenvalue weighted by Crippen LogP contribution is -2.48. The number of aliphatic carboxylic acids is 1. The van der Waals surface area contributed by atoms with Gasteiger partial charge in [-0.1, -0.05) is 0 Å². The van der Waals surface area contributed by atoms with E-state index in [0.717, 1.165) is 23.5 Å². The van der Waals surface area contributed by atoms with Gasteiger partial charge in [0.05, 0.1) is 6.42 Å². The van der Waals surface area contributed by atoms with Crippen molar-refractivity contribution < 1.29 is 14.7 Å². The monoisotopic (exact) mass is 268 g/mol. The third-order valence-electron chi connectivity index (χ3n) is 3.08. The van der Waals surface area contributed by atoms with E-state index in [4.69, 9.17) is 5.11 Å². The third kappa shape index (κ3) is 2.87. The zero-order chi connectivity index (χ0) is 13.1. The van der Waals surface area contributed by atoms with Gasteiger partial charge in [0.2, 0.25) is 5.91 Å². The van der Waals surface area contributed by atoms with Crippen LogP contribution in [0.2, 0.25) is 0 Å². The molecule has 2 heterocycles. The van der Waals surface area contributed by atoms with Crippen LogP contribution in [0.5, 0.6) is 0 Å². The number of carboxylic acids is 1. The van der Waals surface area contributed by atoms with E-state index in [0.29, 0.717) is 13.0 Å². The summed E-state index contributed by atoms with van der Waals surface area (Å²) in [4.78, 5) is 29.0. The molecule has 2 rings (SSSR count). The number of likely N-dealkylation sites (tertiary alicyclic amines) is 1. The zero-order valence-corrected chi connectivity index (χ0v) is 11.1. The van der Waals surface area contributed by atoms with Crippen molar-refractivity contribution in [3.63, 3.8) is 0 Å². The molecule has 0 bridgehead atoms. The van der Waals surface area contributed by atoms with Crippen molar-refractivity contribution in [3.05, 3.63) is 16.1 Å². The standard InChI is InChI=1S/C12H16N2O3S/c1-8-7-18-10(13-8)6-11(15)14-5-3-2-4-9(14)12(16)17/h7,9H,2-6H2,1H3,(H,16,17). The Morgan fingerprint density at radius 2 is 2.33 bits per heavy atom. The van der Waals surface area contributed by atoms with Crippen molar-refractivity contribution in [2.45, 2.75) is 38.6 Å². The first-order chi connectivity index (χ1) is 8.58. The summed E-state index contributed by atoms with van der Waals surface area (Å²) in [5.41, 5.74) is 0.899. The van der Waals surface area contributed by atoms with Crippen molar-refractivity contribution in [1.29, 1.82) is 0 Å². The fourth-order valence-corrected chi connectivity index (χ4v) is 2.96. The maximum Gasteiger partial charge on any atom is 0.326 e. The minimum atomic E-state index is -0.904. The molecule has 6 heteroatoms. The molecule has 98 valence electrons. The Labute approximate surface area is 109 Å². The van der Waals surface area contributed by atoms with E-state index in [-0.39, 0.29) is 12.3 Å². The summed E-state index contributed by atoms with van der Waals surface area (Å²) in [6.45, 7) is 2.42. The molecule has 0 aromatic carbocycles. The molecule has 1 N–H and O–H groups in total. The number of aromatic nitrogens is 1. The van der Waals surface area contributed by atoms with Crippen LogP contribution in [-0.2, 0) is 16.0 Å². The number of carboxylic acid groups (broad SMARTS) is 1. The van der Waals surface area contributed by atoms with Crippen LogP contribution in [-0.4, -0.2) is 39.5 Å². The van der Waals surface area contributed by atoms with Crippen molar-refractivity contribution in [2.24, 2.45) is 0 Å². The summed E-state index contributed by atoms with van der Waals surface area (Å²) < 4.78 is 0. The average molecular weight is 268 g/mol. The van der Waals surface area contributed by atoms with Gasteiger partial charge in [0.25, 0.3) is 0 Å². The van der Waals surface area contributed by atoms with E-state index in [2.05, 4.69) is 4.98 Å². The second kappa shape index (κ2) is 5.48. The minimum Gasteiger partial charge on any atom is -0.480 e. The second-order valence-corrected chi connectivity index (χ2v) is 5.44. The number of hydrogen-bond acceptors (Lipinski definition) is 4. The van der Waals surface area contributed by atoms with Crippen LogP contribution < -0.4 is 0 Å². The van der Waals surface area contributed by atoms with Gasteiger partial charge in [0, 0.05) is 17.6 Å². The van der Waals surface area contributed by atoms with E-state index in [1.54, 1.807) is 0 Å². The second-order valence-electron chi connectivity index (χ2n) is 4.50. The summed E-state index contributed by atoms with van der Waals surface area (Å²) in [6.07, 6.45) is 2.52. The Kier molecular flexibility index (Phi) is 3.96. The Morgan fingerprint density at radius 1 is 1.56 bits per heavy atom. The Bertz CT molecular complexity index is 458. The van der Waals surface area contributed by atoms with Crippen molar-refractivity contribution in [1.82, 2.24) is 9.88 Å². The highest BCUT2D eigenvalue weighted by atomic mass is 32.1. The van der Waals surface area contributed by atoms with Gasteiger partial charge in [-0.05, 0) is 26.2 Å². The summed E-state index contributed by atoms with van der Waals surface area (Å²) in [5, 5.41) is 11.8. The third-order valence-corrected chi connectivity index (χ3v) is 4.04. The molecule has 0 radical (unpaired) electrons. The van der Waals surface area contributed by atoms with Crippen LogP contribution in [0.1, 0.15) is 30.0 Å². The van der Waals surface area contributed by atoms with Gasteiger partial charge >= 0.3 is 5.97 Å². The number of carbonyl (C=O) groups is 2. The highest BCUT2D eigenvalue weighted by molar-refractivity contribution is 7.09. The molecular weight excluding hydrogens is 252 g/mol. The summed E-state index contributed by atoms with van der Waals surface area (Å²) in [5.74, 6) is -1.03. The zero-order valence-electron chi connectivity index (χ0n) is 10.3. The van der Waals surface area contributed by atoms with E-state index in [1.165, 1.54) is 16.2 Å². The predicted octanol–water partition coefficient (Wildman–Crippen LogP) is 1.46. The van der Waals surface area contributed by atoms with E-state index < -0.39 is 12.0 Å². The summed E-state index contributed by atoms with van der Waals surface area (Å²) >= 11 is 1.45. The number of thiazole rings is 1. The molecule has 1 unspecified atom stereocenters. The molecule has 0 aliphatic carbocycles. The van der Waals surface area contributed by atoms with Gasteiger partial charge < -0.3 is 10.0 Å². The van der Waals surface area contributed by atoms with Gasteiger partial charge in [0.15, 0.2) is 0 Å². The lowest BCUT2D eigenvalue weighted by Gasteiger charge is -2.32. The highest BCUT2D eigenvalue weighted by Crippen LogP contribution is 2.19. The van der Waals surface area contributed by atoms with Gasteiger partial charge in [-0.2, -0.15) is 0 Å². The molecule has 1 aliphatic heterocycles. The first-order valence-electron chi connectivity index (χ1n) is 6.01.